The van der Waals surface area contributed by atoms with Gasteiger partial charge in [-0.25, -0.2) is 13.1 Å². The summed E-state index contributed by atoms with van der Waals surface area (Å²) in [6, 6.07) is 3.79. The Bertz CT molecular complexity index is 686. The van der Waals surface area contributed by atoms with Crippen LogP contribution in [-0.2, 0) is 10.0 Å². The van der Waals surface area contributed by atoms with Gasteiger partial charge in [0.15, 0.2) is 0 Å². The summed E-state index contributed by atoms with van der Waals surface area (Å²) in [4.78, 5) is 14.0. The molecule has 1 aromatic carbocycles. The molecule has 0 bridgehead atoms. The topological polar surface area (TPSA) is 99.6 Å². The molecule has 1 N–H and O–H groups in total. The second kappa shape index (κ2) is 5.85. The van der Waals surface area contributed by atoms with E-state index in [0.29, 0.717) is 6.21 Å². The lowest BCUT2D eigenvalue weighted by Crippen LogP contribution is -2.40. The normalized spacial score (nSPS) is 11.8. The third kappa shape index (κ3) is 4.25. The van der Waals surface area contributed by atoms with E-state index in [4.69, 9.17) is 17.1 Å². The van der Waals surface area contributed by atoms with Crippen molar-refractivity contribution in [1.29, 1.82) is 0 Å². The number of carbonyl (C=O) groups excluding carboxylic acids is 1. The van der Waals surface area contributed by atoms with Crippen molar-refractivity contribution in [3.8, 4) is 0 Å². The first-order valence-corrected chi connectivity index (χ1v) is 7.48. The number of hydrogen-bond acceptors (Lipinski definition) is 3. The molecule has 108 valence electrons. The predicted molar refractivity (Wildman–Crippen MR) is 75.5 cm³/mol. The van der Waals surface area contributed by atoms with Crippen LogP contribution in [0.15, 0.2) is 23.1 Å². The third-order valence-electron chi connectivity index (χ3n) is 2.12. The van der Waals surface area contributed by atoms with Crippen molar-refractivity contribution in [2.75, 3.05) is 0 Å². The molecule has 0 aliphatic carbocycles. The molecule has 8 heteroatoms. The second-order valence-electron chi connectivity index (χ2n) is 5.11. The summed E-state index contributed by atoms with van der Waals surface area (Å²) in [5.41, 5.74) is 7.70. The number of carbonyl (C=O) groups is 1. The summed E-state index contributed by atoms with van der Waals surface area (Å²) in [5.74, 6) is -0.628. The largest absolute Gasteiger partial charge is 0.361 e. The average molecular weight is 316 g/mol. The molecule has 1 rings (SSSR count). The first kappa shape index (κ1) is 16.5. The van der Waals surface area contributed by atoms with Gasteiger partial charge in [0.1, 0.15) is 4.90 Å². The molecule has 0 amide bonds. The first-order valence-electron chi connectivity index (χ1n) is 5.62. The zero-order valence-corrected chi connectivity index (χ0v) is 12.8. The lowest BCUT2D eigenvalue weighted by molar-refractivity contribution is 0.00234. The van der Waals surface area contributed by atoms with Crippen LogP contribution >= 0.6 is 11.6 Å². The molecule has 0 saturated carbocycles. The fraction of sp³-hybridized carbons (Fsp3) is 0.333. The molecule has 0 heterocycles. The van der Waals surface area contributed by atoms with Crippen LogP contribution in [0.3, 0.4) is 0 Å². The van der Waals surface area contributed by atoms with E-state index in [1.165, 1.54) is 12.1 Å². The van der Waals surface area contributed by atoms with Crippen LogP contribution < -0.4 is 4.72 Å². The summed E-state index contributed by atoms with van der Waals surface area (Å²) < 4.78 is 26.9. The van der Waals surface area contributed by atoms with E-state index in [9.17, 15) is 13.2 Å². The molecule has 6 nitrogen and oxygen atoms in total. The number of hydrogen-bond donors (Lipinski definition) is 1. The summed E-state index contributed by atoms with van der Waals surface area (Å²) in [5, 5.41) is -0.000706. The monoisotopic (exact) mass is 315 g/mol. The summed E-state index contributed by atoms with van der Waals surface area (Å²) >= 11 is 5.88. The molecule has 0 aliphatic heterocycles. The molecular formula is C12H14ClN3O3S. The Kier molecular flexibility index (Phi) is 4.83. The maximum Gasteiger partial charge on any atom is 0.328 e. The van der Waals surface area contributed by atoms with Gasteiger partial charge in [-0.2, -0.15) is 4.79 Å². The van der Waals surface area contributed by atoms with Gasteiger partial charge in [0, 0.05) is 11.1 Å². The lowest BCUT2D eigenvalue weighted by Gasteiger charge is -2.20. The molecular weight excluding hydrogens is 302 g/mol. The fourth-order valence-corrected chi connectivity index (χ4v) is 3.39. The SMILES string of the molecule is CC(C)(C)NS(=O)(=O)c1cc(C(=O)C=[N+]=[N-])ccc1Cl. The van der Waals surface area contributed by atoms with Crippen LogP contribution in [0.4, 0.5) is 0 Å². The van der Waals surface area contributed by atoms with Crippen molar-refractivity contribution in [2.24, 2.45) is 0 Å². The van der Waals surface area contributed by atoms with Crippen LogP contribution in [0.5, 0.6) is 0 Å². The molecule has 0 atom stereocenters. The van der Waals surface area contributed by atoms with Crippen molar-refractivity contribution >= 4 is 33.6 Å². The van der Waals surface area contributed by atoms with E-state index in [1.54, 1.807) is 20.8 Å². The number of halogens is 1. The maximum atomic E-state index is 12.2. The molecule has 1 aromatic rings. The van der Waals surface area contributed by atoms with Crippen LogP contribution in [0.25, 0.3) is 5.53 Å². The molecule has 0 radical (unpaired) electrons. The molecule has 0 spiro atoms. The maximum absolute atomic E-state index is 12.2. The van der Waals surface area contributed by atoms with Crippen molar-refractivity contribution in [3.05, 3.63) is 34.3 Å². The Morgan fingerprint density at radius 3 is 2.50 bits per heavy atom. The first-order chi connectivity index (χ1) is 9.07. The van der Waals surface area contributed by atoms with Gasteiger partial charge in [0.05, 0.1) is 5.02 Å². The Hall–Kier alpha value is -1.53. The third-order valence-corrected chi connectivity index (χ3v) is 4.36. The highest BCUT2D eigenvalue weighted by atomic mass is 35.5. The van der Waals surface area contributed by atoms with Gasteiger partial charge in [-0.3, -0.25) is 4.79 Å². The van der Waals surface area contributed by atoms with Crippen molar-refractivity contribution in [3.63, 3.8) is 0 Å². The minimum absolute atomic E-state index is 0.000706. The van der Waals surface area contributed by atoms with E-state index in [2.05, 4.69) is 9.51 Å². The van der Waals surface area contributed by atoms with Crippen LogP contribution in [0.2, 0.25) is 5.02 Å². The number of sulfonamides is 1. The molecule has 0 aromatic heterocycles. The summed E-state index contributed by atoms with van der Waals surface area (Å²) in [6.45, 7) is 5.06. The Morgan fingerprint density at radius 1 is 1.40 bits per heavy atom. The zero-order valence-electron chi connectivity index (χ0n) is 11.2. The minimum Gasteiger partial charge on any atom is -0.361 e. The highest BCUT2D eigenvalue weighted by molar-refractivity contribution is 7.89. The molecule has 0 unspecified atom stereocenters. The summed E-state index contributed by atoms with van der Waals surface area (Å²) in [6.07, 6.45) is 0.677. The highest BCUT2D eigenvalue weighted by Crippen LogP contribution is 2.24. The smallest absolute Gasteiger partial charge is 0.328 e. The molecule has 0 aliphatic rings. The van der Waals surface area contributed by atoms with Gasteiger partial charge in [0.2, 0.25) is 10.0 Å². The fourth-order valence-electron chi connectivity index (χ4n) is 1.45. The highest BCUT2D eigenvalue weighted by Gasteiger charge is 2.25. The minimum atomic E-state index is -3.86. The molecule has 20 heavy (non-hydrogen) atoms. The Morgan fingerprint density at radius 2 is 2.00 bits per heavy atom. The van der Waals surface area contributed by atoms with Crippen LogP contribution in [0, 0.1) is 0 Å². The average Bonchev–Trinajstić information content (AvgIpc) is 2.26. The standard InChI is InChI=1S/C12H14ClN3O3S/c1-12(2,3)16-20(18,19)11-6-8(4-5-9(11)13)10(17)7-15-14/h4-7,16H,1-3H3. The van der Waals surface area contributed by atoms with E-state index < -0.39 is 21.3 Å². The van der Waals surface area contributed by atoms with Crippen molar-refractivity contribution < 1.29 is 18.0 Å². The van der Waals surface area contributed by atoms with Gasteiger partial charge in [-0.1, -0.05) is 11.6 Å². The predicted octanol–water partition coefficient (Wildman–Crippen LogP) is 1.90. The number of rotatable bonds is 4. The Labute approximate surface area is 122 Å². The van der Waals surface area contributed by atoms with Gasteiger partial charge in [0.25, 0.3) is 5.78 Å². The van der Waals surface area contributed by atoms with E-state index in [1.807, 2.05) is 0 Å². The number of Topliss-reactive ketones (excluding diaryl/α,β-unsaturated/α-hetero) is 1. The van der Waals surface area contributed by atoms with Gasteiger partial charge >= 0.3 is 6.21 Å². The molecule has 0 fully saturated rings. The van der Waals surface area contributed by atoms with Gasteiger partial charge in [-0.05, 0) is 39.0 Å². The number of ketones is 1. The van der Waals surface area contributed by atoms with E-state index in [0.717, 1.165) is 6.07 Å². The van der Waals surface area contributed by atoms with Gasteiger partial charge < -0.3 is 5.53 Å². The zero-order chi connectivity index (χ0) is 15.6. The van der Waals surface area contributed by atoms with Crippen LogP contribution in [0.1, 0.15) is 31.1 Å². The van der Waals surface area contributed by atoms with E-state index >= 15 is 0 Å². The number of nitrogens with zero attached hydrogens (tertiary/aromatic N) is 2. The van der Waals surface area contributed by atoms with E-state index in [-0.39, 0.29) is 15.5 Å². The number of benzene rings is 1. The number of nitrogens with one attached hydrogen (secondary N) is 1. The second-order valence-corrected chi connectivity index (χ2v) is 7.17. The quantitative estimate of drug-likeness (QED) is 0.397. The van der Waals surface area contributed by atoms with Crippen molar-refractivity contribution in [1.82, 2.24) is 4.72 Å². The van der Waals surface area contributed by atoms with Crippen LogP contribution in [-0.4, -0.2) is 30.7 Å². The molecule has 0 saturated heterocycles. The Balaban J connectivity index is 3.35. The van der Waals surface area contributed by atoms with Gasteiger partial charge in [-0.15, -0.1) is 0 Å². The lowest BCUT2D eigenvalue weighted by atomic mass is 10.1. The summed E-state index contributed by atoms with van der Waals surface area (Å²) in [7, 11) is -3.86. The van der Waals surface area contributed by atoms with Crippen molar-refractivity contribution in [2.45, 2.75) is 31.2 Å².